The Morgan fingerprint density at radius 2 is 2.04 bits per heavy atom. The van der Waals surface area contributed by atoms with Gasteiger partial charge in [0, 0.05) is 29.8 Å². The van der Waals surface area contributed by atoms with Crippen LogP contribution >= 0.6 is 11.6 Å². The molecule has 0 fully saturated rings. The van der Waals surface area contributed by atoms with Crippen LogP contribution in [-0.2, 0) is 17.6 Å². The number of primary amides is 1. The monoisotopic (exact) mass is 398 g/mol. The minimum absolute atomic E-state index is 0.252. The highest BCUT2D eigenvalue weighted by Crippen LogP contribution is 2.36. The van der Waals surface area contributed by atoms with Gasteiger partial charge in [0.2, 0.25) is 5.91 Å². The van der Waals surface area contributed by atoms with Crippen molar-refractivity contribution in [1.29, 1.82) is 0 Å². The summed E-state index contributed by atoms with van der Waals surface area (Å²) in [5.41, 5.74) is 8.37. The number of nitrogens with two attached hydrogens (primary N) is 1. The molecule has 1 aromatic heterocycles. The van der Waals surface area contributed by atoms with E-state index in [2.05, 4.69) is 4.98 Å². The van der Waals surface area contributed by atoms with Gasteiger partial charge < -0.3 is 10.5 Å². The van der Waals surface area contributed by atoms with Gasteiger partial charge >= 0.3 is 0 Å². The van der Waals surface area contributed by atoms with Crippen LogP contribution in [0.1, 0.15) is 23.2 Å². The summed E-state index contributed by atoms with van der Waals surface area (Å²) in [5.74, 6) is -0.261. The average molecular weight is 399 g/mol. The van der Waals surface area contributed by atoms with Crippen LogP contribution in [0.15, 0.2) is 54.7 Å². The molecule has 0 unspecified atom stereocenters. The zero-order valence-electron chi connectivity index (χ0n) is 15.4. The fraction of sp³-hybridized carbons (Fsp3) is 0.182. The molecule has 3 rings (SSSR count). The maximum absolute atomic E-state index is 15.3. The Hall–Kier alpha value is -2.92. The third-order valence-corrected chi connectivity index (χ3v) is 4.66. The Labute approximate surface area is 168 Å². The summed E-state index contributed by atoms with van der Waals surface area (Å²) in [6.45, 7) is 0. The first kappa shape index (κ1) is 19.8. The van der Waals surface area contributed by atoms with Gasteiger partial charge in [0.05, 0.1) is 12.7 Å². The smallest absolute Gasteiger partial charge is 0.217 e. The molecule has 144 valence electrons. The molecule has 4 nitrogen and oxygen atoms in total. The molecule has 28 heavy (non-hydrogen) atoms. The predicted molar refractivity (Wildman–Crippen MR) is 108 cm³/mol. The number of aryl methyl sites for hydroxylation is 1. The van der Waals surface area contributed by atoms with Crippen molar-refractivity contribution < 1.29 is 13.9 Å². The van der Waals surface area contributed by atoms with Crippen LogP contribution in [-0.4, -0.2) is 18.0 Å². The Balaban J connectivity index is 1.89. The minimum atomic E-state index is -0.361. The molecule has 1 amide bonds. The number of hydrogen-bond donors (Lipinski definition) is 1. The van der Waals surface area contributed by atoms with Crippen LogP contribution in [0.3, 0.4) is 0 Å². The lowest BCUT2D eigenvalue weighted by atomic mass is 9.97. The quantitative estimate of drug-likeness (QED) is 0.634. The lowest BCUT2D eigenvalue weighted by Gasteiger charge is -2.14. The van der Waals surface area contributed by atoms with Gasteiger partial charge in [-0.2, -0.15) is 0 Å². The molecule has 1 heterocycles. The first-order valence-corrected chi connectivity index (χ1v) is 9.19. The first-order valence-electron chi connectivity index (χ1n) is 8.81. The van der Waals surface area contributed by atoms with Crippen LogP contribution in [0, 0.1) is 5.82 Å². The molecule has 0 saturated heterocycles. The van der Waals surface area contributed by atoms with Crippen LogP contribution in [0.5, 0.6) is 5.75 Å². The largest absolute Gasteiger partial charge is 0.496 e. The molecule has 0 aliphatic rings. The Morgan fingerprint density at radius 3 is 2.68 bits per heavy atom. The molecule has 0 radical (unpaired) electrons. The summed E-state index contributed by atoms with van der Waals surface area (Å²) in [6.07, 6.45) is 2.82. The number of rotatable bonds is 7. The van der Waals surface area contributed by atoms with E-state index < -0.39 is 0 Å². The standard InChI is InChI=1S/C22H20ClFN2O2/c1-28-19-9-6-16(22(24)21(19)15-3-2-4-17(23)12-15)11-14-5-7-18(26-13-14)8-10-20(25)27/h2-7,9,12-13H,8,10-11H2,1H3,(H2,25,27). The van der Waals surface area contributed by atoms with E-state index >= 15 is 4.39 Å². The lowest BCUT2D eigenvalue weighted by molar-refractivity contribution is -0.118. The maximum atomic E-state index is 15.3. The molecule has 0 saturated carbocycles. The van der Waals surface area contributed by atoms with E-state index in [0.717, 1.165) is 11.3 Å². The predicted octanol–water partition coefficient (Wildman–Crippen LogP) is 4.56. The number of hydrogen-bond acceptors (Lipinski definition) is 3. The third kappa shape index (κ3) is 4.67. The SMILES string of the molecule is COc1ccc(Cc2ccc(CCC(N)=O)nc2)c(F)c1-c1cccc(Cl)c1. The summed E-state index contributed by atoms with van der Waals surface area (Å²) < 4.78 is 20.7. The van der Waals surface area contributed by atoms with Crippen molar-refractivity contribution in [2.24, 2.45) is 5.73 Å². The van der Waals surface area contributed by atoms with Crippen molar-refractivity contribution in [3.63, 3.8) is 0 Å². The fourth-order valence-corrected chi connectivity index (χ4v) is 3.19. The normalized spacial score (nSPS) is 10.7. The summed E-state index contributed by atoms with van der Waals surface area (Å²) in [7, 11) is 1.51. The summed E-state index contributed by atoms with van der Waals surface area (Å²) >= 11 is 6.07. The molecule has 0 spiro atoms. The number of carbonyl (C=O) groups is 1. The molecule has 6 heteroatoms. The highest BCUT2D eigenvalue weighted by Gasteiger charge is 2.17. The summed E-state index contributed by atoms with van der Waals surface area (Å²) in [5, 5.41) is 0.528. The minimum Gasteiger partial charge on any atom is -0.496 e. The summed E-state index contributed by atoms with van der Waals surface area (Å²) in [6, 6.07) is 14.2. The van der Waals surface area contributed by atoms with Crippen molar-refractivity contribution in [2.45, 2.75) is 19.3 Å². The topological polar surface area (TPSA) is 65.2 Å². The number of amides is 1. The Bertz CT molecular complexity index is 990. The average Bonchev–Trinajstić information content (AvgIpc) is 2.68. The van der Waals surface area contributed by atoms with Crippen molar-refractivity contribution in [3.8, 4) is 16.9 Å². The molecule has 0 aliphatic carbocycles. The fourth-order valence-electron chi connectivity index (χ4n) is 3.00. The lowest BCUT2D eigenvalue weighted by Crippen LogP contribution is -2.11. The second kappa shape index (κ2) is 8.85. The van der Waals surface area contributed by atoms with E-state index in [0.29, 0.717) is 40.3 Å². The number of pyridine rings is 1. The number of methoxy groups -OCH3 is 1. The van der Waals surface area contributed by atoms with E-state index in [-0.39, 0.29) is 18.1 Å². The molecule has 0 atom stereocenters. The molecule has 0 bridgehead atoms. The van der Waals surface area contributed by atoms with Crippen LogP contribution in [0.25, 0.3) is 11.1 Å². The van der Waals surface area contributed by atoms with Crippen molar-refractivity contribution in [3.05, 3.63) is 82.4 Å². The van der Waals surface area contributed by atoms with Gasteiger partial charge in [-0.25, -0.2) is 4.39 Å². The van der Waals surface area contributed by atoms with Crippen LogP contribution in [0.2, 0.25) is 5.02 Å². The molecular formula is C22H20ClFN2O2. The van der Waals surface area contributed by atoms with Gasteiger partial charge in [0.15, 0.2) is 0 Å². The van der Waals surface area contributed by atoms with Crippen molar-refractivity contribution in [1.82, 2.24) is 4.98 Å². The zero-order valence-corrected chi connectivity index (χ0v) is 16.2. The van der Waals surface area contributed by atoms with E-state index in [1.807, 2.05) is 12.1 Å². The number of benzene rings is 2. The number of ether oxygens (including phenoxy) is 1. The van der Waals surface area contributed by atoms with Crippen LogP contribution < -0.4 is 10.5 Å². The molecule has 3 aromatic rings. The van der Waals surface area contributed by atoms with E-state index in [4.69, 9.17) is 22.1 Å². The van der Waals surface area contributed by atoms with Crippen LogP contribution in [0.4, 0.5) is 4.39 Å². The van der Waals surface area contributed by atoms with Gasteiger partial charge in [-0.05, 0) is 47.4 Å². The summed E-state index contributed by atoms with van der Waals surface area (Å²) in [4.78, 5) is 15.2. The number of aromatic nitrogens is 1. The number of carbonyl (C=O) groups excluding carboxylic acids is 1. The Morgan fingerprint density at radius 1 is 1.21 bits per heavy atom. The van der Waals surface area contributed by atoms with Gasteiger partial charge in [0.25, 0.3) is 0 Å². The van der Waals surface area contributed by atoms with Crippen molar-refractivity contribution in [2.75, 3.05) is 7.11 Å². The van der Waals surface area contributed by atoms with Gasteiger partial charge in [0.1, 0.15) is 11.6 Å². The molecule has 0 aliphatic heterocycles. The van der Waals surface area contributed by atoms with E-state index in [9.17, 15) is 4.79 Å². The number of halogens is 2. The van der Waals surface area contributed by atoms with Gasteiger partial charge in [-0.15, -0.1) is 0 Å². The molecular weight excluding hydrogens is 379 g/mol. The third-order valence-electron chi connectivity index (χ3n) is 4.43. The second-order valence-electron chi connectivity index (χ2n) is 6.43. The van der Waals surface area contributed by atoms with E-state index in [1.54, 1.807) is 42.6 Å². The number of nitrogens with zero attached hydrogens (tertiary/aromatic N) is 1. The zero-order chi connectivity index (χ0) is 20.1. The highest BCUT2D eigenvalue weighted by atomic mass is 35.5. The van der Waals surface area contributed by atoms with Gasteiger partial charge in [-0.1, -0.05) is 35.9 Å². The van der Waals surface area contributed by atoms with Gasteiger partial charge in [-0.3, -0.25) is 9.78 Å². The van der Waals surface area contributed by atoms with Crippen molar-refractivity contribution >= 4 is 17.5 Å². The Kier molecular flexibility index (Phi) is 6.26. The maximum Gasteiger partial charge on any atom is 0.217 e. The first-order chi connectivity index (χ1) is 13.5. The molecule has 2 aromatic carbocycles. The van der Waals surface area contributed by atoms with E-state index in [1.165, 1.54) is 7.11 Å². The second-order valence-corrected chi connectivity index (χ2v) is 6.86. The highest BCUT2D eigenvalue weighted by molar-refractivity contribution is 6.30. The molecule has 2 N–H and O–H groups in total.